The van der Waals surface area contributed by atoms with E-state index < -0.39 is 24.5 Å². The maximum atomic E-state index is 10.4. The summed E-state index contributed by atoms with van der Waals surface area (Å²) in [6.07, 6.45) is 15.1. The molecule has 6 nitrogen and oxygen atoms in total. The van der Waals surface area contributed by atoms with E-state index in [4.69, 9.17) is 14.6 Å². The van der Waals surface area contributed by atoms with Crippen molar-refractivity contribution in [2.45, 2.75) is 147 Å². The largest absolute Gasteiger partial charge is 0.481 e. The summed E-state index contributed by atoms with van der Waals surface area (Å²) in [5.74, 6) is -0.678. The van der Waals surface area contributed by atoms with Crippen LogP contribution in [0, 0.1) is 0 Å². The van der Waals surface area contributed by atoms with Crippen LogP contribution in [0.4, 0.5) is 0 Å². The fourth-order valence-electron chi connectivity index (χ4n) is 4.02. The quantitative estimate of drug-likeness (QED) is 0.259. The molecule has 3 N–H and O–H groups in total. The molecule has 1 fully saturated rings. The number of hydrogen-bond acceptors (Lipinski definition) is 5. The van der Waals surface area contributed by atoms with Gasteiger partial charge in [-0.05, 0) is 26.7 Å². The van der Waals surface area contributed by atoms with Crippen LogP contribution in [-0.4, -0.2) is 52.0 Å². The maximum Gasteiger partial charge on any atom is 0.303 e. The van der Waals surface area contributed by atoms with Crippen molar-refractivity contribution in [3.05, 3.63) is 0 Å². The Morgan fingerprint density at radius 2 is 1.33 bits per heavy atom. The van der Waals surface area contributed by atoms with Crippen molar-refractivity contribution in [3.63, 3.8) is 0 Å². The number of aliphatic hydroxyl groups excluding tert-OH is 2. The average molecular weight is 431 g/mol. The molecular weight excluding hydrogens is 384 g/mol. The minimum atomic E-state index is -0.754. The van der Waals surface area contributed by atoms with Crippen LogP contribution in [0.15, 0.2) is 0 Å². The minimum absolute atomic E-state index is 0.0521. The predicted molar refractivity (Wildman–Crippen MR) is 118 cm³/mol. The van der Waals surface area contributed by atoms with Crippen molar-refractivity contribution in [1.82, 2.24) is 0 Å². The first-order chi connectivity index (χ1) is 14.4. The molecule has 0 spiro atoms. The van der Waals surface area contributed by atoms with Crippen LogP contribution in [0.25, 0.3) is 0 Å². The van der Waals surface area contributed by atoms with Gasteiger partial charge in [-0.2, -0.15) is 0 Å². The van der Waals surface area contributed by atoms with Gasteiger partial charge in [0, 0.05) is 12.8 Å². The third-order valence-electron chi connectivity index (χ3n) is 6.06. The van der Waals surface area contributed by atoms with E-state index in [0.29, 0.717) is 12.8 Å². The molecule has 0 amide bonds. The second kappa shape index (κ2) is 16.9. The van der Waals surface area contributed by atoms with Gasteiger partial charge in [0.25, 0.3) is 0 Å². The van der Waals surface area contributed by atoms with Gasteiger partial charge in [0.1, 0.15) is 6.10 Å². The highest BCUT2D eigenvalue weighted by Gasteiger charge is 2.35. The number of aliphatic hydroxyl groups is 2. The van der Waals surface area contributed by atoms with Gasteiger partial charge in [-0.15, -0.1) is 0 Å². The second-order valence-corrected chi connectivity index (χ2v) is 9.06. The molecule has 0 aromatic carbocycles. The lowest BCUT2D eigenvalue weighted by Crippen LogP contribution is -2.48. The number of ether oxygens (including phenoxy) is 2. The molecular formula is C24H46O6. The van der Waals surface area contributed by atoms with E-state index in [-0.39, 0.29) is 12.2 Å². The highest BCUT2D eigenvalue weighted by Crippen LogP contribution is 2.23. The number of carboxylic acid groups (broad SMARTS) is 1. The van der Waals surface area contributed by atoms with Gasteiger partial charge < -0.3 is 24.8 Å². The Labute approximate surface area is 183 Å². The molecule has 5 atom stereocenters. The van der Waals surface area contributed by atoms with Crippen LogP contribution in [0.2, 0.25) is 0 Å². The Morgan fingerprint density at radius 1 is 0.867 bits per heavy atom. The van der Waals surface area contributed by atoms with Crippen LogP contribution in [0.1, 0.15) is 117 Å². The zero-order valence-corrected chi connectivity index (χ0v) is 19.3. The highest BCUT2D eigenvalue weighted by molar-refractivity contribution is 5.66. The fraction of sp³-hybridized carbons (Fsp3) is 0.958. The van der Waals surface area contributed by atoms with Crippen molar-refractivity contribution in [2.24, 2.45) is 0 Å². The SMILES string of the molecule is C[C@H](CCCCCCCCCCCCCCCC(=O)O)O[C@@H]1O[C@@H](C)[C@H](O)C[C@H]1O. The predicted octanol–water partition coefficient (Wildman–Crippen LogP) is 5.18. The number of hydrogen-bond donors (Lipinski definition) is 3. The van der Waals surface area contributed by atoms with Gasteiger partial charge in [-0.1, -0.05) is 77.0 Å². The van der Waals surface area contributed by atoms with Crippen LogP contribution < -0.4 is 0 Å². The standard InChI is InChI=1S/C24H46O6/c1-19(29-24-22(26)18-21(25)20(2)30-24)16-14-12-10-8-6-4-3-5-7-9-11-13-15-17-23(27)28/h19-22,24-26H,3-18H2,1-2H3,(H,27,28)/t19-,20+,21-,22-,24-/m1/s1. The summed E-state index contributed by atoms with van der Waals surface area (Å²) in [5, 5.41) is 28.3. The summed E-state index contributed by atoms with van der Waals surface area (Å²) < 4.78 is 11.4. The topological polar surface area (TPSA) is 96.2 Å². The molecule has 30 heavy (non-hydrogen) atoms. The zero-order valence-electron chi connectivity index (χ0n) is 19.3. The lowest BCUT2D eigenvalue weighted by Gasteiger charge is -2.36. The monoisotopic (exact) mass is 430 g/mol. The van der Waals surface area contributed by atoms with Crippen molar-refractivity contribution in [1.29, 1.82) is 0 Å². The first kappa shape index (κ1) is 27.3. The Balaban J connectivity index is 1.84. The van der Waals surface area contributed by atoms with Crippen molar-refractivity contribution in [2.75, 3.05) is 0 Å². The molecule has 1 saturated heterocycles. The third kappa shape index (κ3) is 13.6. The summed E-state index contributed by atoms with van der Waals surface area (Å²) in [5.41, 5.74) is 0. The van der Waals surface area contributed by atoms with Gasteiger partial charge in [0.05, 0.1) is 18.3 Å². The number of rotatable bonds is 18. The maximum absolute atomic E-state index is 10.4. The minimum Gasteiger partial charge on any atom is -0.481 e. The molecule has 0 unspecified atom stereocenters. The molecule has 6 heteroatoms. The summed E-state index contributed by atoms with van der Waals surface area (Å²) >= 11 is 0. The first-order valence-corrected chi connectivity index (χ1v) is 12.3. The molecule has 0 aromatic heterocycles. The van der Waals surface area contributed by atoms with E-state index in [1.54, 1.807) is 0 Å². The molecule has 0 bridgehead atoms. The van der Waals surface area contributed by atoms with E-state index in [0.717, 1.165) is 25.7 Å². The molecule has 178 valence electrons. The number of aliphatic carboxylic acids is 1. The lowest BCUT2D eigenvalue weighted by atomic mass is 10.0. The van der Waals surface area contributed by atoms with Crippen molar-refractivity contribution >= 4 is 5.97 Å². The van der Waals surface area contributed by atoms with Crippen molar-refractivity contribution in [3.8, 4) is 0 Å². The van der Waals surface area contributed by atoms with Crippen LogP contribution in [0.5, 0.6) is 0 Å². The van der Waals surface area contributed by atoms with Gasteiger partial charge in [0.2, 0.25) is 0 Å². The molecule has 0 aromatic rings. The van der Waals surface area contributed by atoms with Crippen LogP contribution in [0.3, 0.4) is 0 Å². The Morgan fingerprint density at radius 3 is 1.83 bits per heavy atom. The van der Waals surface area contributed by atoms with Gasteiger partial charge in [0.15, 0.2) is 6.29 Å². The molecule has 0 aliphatic carbocycles. The van der Waals surface area contributed by atoms with Crippen molar-refractivity contribution < 1.29 is 29.6 Å². The summed E-state index contributed by atoms with van der Waals surface area (Å²) in [7, 11) is 0. The number of carboxylic acids is 1. The Bertz CT molecular complexity index is 430. The fourth-order valence-corrected chi connectivity index (χ4v) is 4.02. The van der Waals surface area contributed by atoms with E-state index >= 15 is 0 Å². The highest BCUT2D eigenvalue weighted by atomic mass is 16.7. The normalized spacial score (nSPS) is 25.3. The Hall–Kier alpha value is -0.690. The molecule has 0 saturated carbocycles. The van der Waals surface area contributed by atoms with E-state index in [9.17, 15) is 15.0 Å². The third-order valence-corrected chi connectivity index (χ3v) is 6.06. The molecule has 0 radical (unpaired) electrons. The summed E-state index contributed by atoms with van der Waals surface area (Å²) in [6.45, 7) is 3.83. The van der Waals surface area contributed by atoms with Gasteiger partial charge in [-0.25, -0.2) is 0 Å². The molecule has 1 aliphatic heterocycles. The lowest BCUT2D eigenvalue weighted by molar-refractivity contribution is -0.273. The molecule has 1 aliphatic rings. The second-order valence-electron chi connectivity index (χ2n) is 9.06. The smallest absolute Gasteiger partial charge is 0.303 e. The Kier molecular flexibility index (Phi) is 15.4. The molecule has 1 rings (SSSR count). The first-order valence-electron chi connectivity index (χ1n) is 12.3. The van der Waals surface area contributed by atoms with E-state index in [1.165, 1.54) is 64.2 Å². The van der Waals surface area contributed by atoms with E-state index in [2.05, 4.69) is 0 Å². The average Bonchev–Trinajstić information content (AvgIpc) is 2.68. The van der Waals surface area contributed by atoms with Crippen LogP contribution in [-0.2, 0) is 14.3 Å². The number of carbonyl (C=O) groups is 1. The van der Waals surface area contributed by atoms with Gasteiger partial charge >= 0.3 is 5.97 Å². The van der Waals surface area contributed by atoms with Crippen LogP contribution >= 0.6 is 0 Å². The number of unbranched alkanes of at least 4 members (excludes halogenated alkanes) is 12. The summed E-state index contributed by atoms with van der Waals surface area (Å²) in [6, 6.07) is 0. The zero-order chi connectivity index (χ0) is 22.2. The molecule has 1 heterocycles. The van der Waals surface area contributed by atoms with Gasteiger partial charge in [-0.3, -0.25) is 4.79 Å². The summed E-state index contributed by atoms with van der Waals surface area (Å²) in [4.78, 5) is 10.4. The van der Waals surface area contributed by atoms with E-state index in [1.807, 2.05) is 13.8 Å².